The van der Waals surface area contributed by atoms with E-state index in [1.165, 1.54) is 22.7 Å². The number of benzene rings is 3. The van der Waals surface area contributed by atoms with Crippen molar-refractivity contribution in [3.05, 3.63) is 113 Å². The number of anilines is 2. The second-order valence-electron chi connectivity index (χ2n) is 9.53. The minimum Gasteiger partial charge on any atom is -0.503 e. The molecule has 3 heterocycles. The Hall–Kier alpha value is -4.48. The summed E-state index contributed by atoms with van der Waals surface area (Å²) in [5, 5.41) is 20.4. The van der Waals surface area contributed by atoms with Crippen LogP contribution in [0, 0.1) is 5.82 Å². The maximum atomic E-state index is 14.1. The lowest BCUT2D eigenvalue weighted by Gasteiger charge is -2.24. The zero-order valence-electron chi connectivity index (χ0n) is 21.9. The van der Waals surface area contributed by atoms with Gasteiger partial charge in [-0.25, -0.2) is 4.39 Å². The molecule has 0 spiro atoms. The highest BCUT2D eigenvalue weighted by atomic mass is 32.2. The Labute approximate surface area is 242 Å². The number of nitrogens with zero attached hydrogens (tertiary/aromatic N) is 4. The van der Waals surface area contributed by atoms with Crippen LogP contribution in [0.15, 0.2) is 99.0 Å². The van der Waals surface area contributed by atoms with E-state index in [2.05, 4.69) is 10.2 Å². The number of Topliss-reactive ketones (excluding diaryl/α,β-unsaturated/α-hetero) is 1. The van der Waals surface area contributed by atoms with Crippen LogP contribution in [0.4, 0.5) is 15.2 Å². The number of amides is 1. The van der Waals surface area contributed by atoms with E-state index in [1.807, 2.05) is 43.3 Å². The summed E-state index contributed by atoms with van der Waals surface area (Å²) < 4.78 is 20.4. The largest absolute Gasteiger partial charge is 0.503 e. The Bertz CT molecular complexity index is 1780. The van der Waals surface area contributed by atoms with Crippen molar-refractivity contribution in [1.29, 1.82) is 0 Å². The summed E-state index contributed by atoms with van der Waals surface area (Å²) in [5.41, 5.74) is 2.45. The number of hydrogen-bond donors (Lipinski definition) is 1. The zero-order chi connectivity index (χ0) is 28.7. The van der Waals surface area contributed by atoms with Gasteiger partial charge in [-0.15, -0.1) is 10.2 Å². The number of thioether (sulfide) groups is 1. The Kier molecular flexibility index (Phi) is 7.06. The normalized spacial score (nSPS) is 15.2. The number of rotatable bonds is 8. The maximum absolute atomic E-state index is 14.1. The highest BCUT2D eigenvalue weighted by molar-refractivity contribution is 8.00. The molecular formula is C30H23FN4O4S2. The van der Waals surface area contributed by atoms with Crippen molar-refractivity contribution < 1.29 is 23.5 Å². The van der Waals surface area contributed by atoms with Gasteiger partial charge in [-0.2, -0.15) is 0 Å². The first-order valence-corrected chi connectivity index (χ1v) is 14.4. The summed E-state index contributed by atoms with van der Waals surface area (Å²) >= 11 is 2.40. The monoisotopic (exact) mass is 586 g/mol. The van der Waals surface area contributed by atoms with Crippen molar-refractivity contribution >= 4 is 56.6 Å². The predicted octanol–water partition coefficient (Wildman–Crippen LogP) is 6.56. The summed E-state index contributed by atoms with van der Waals surface area (Å²) in [7, 11) is 3.81. The molecule has 41 heavy (non-hydrogen) atoms. The number of aromatic nitrogens is 2. The third-order valence-corrected chi connectivity index (χ3v) is 8.84. The van der Waals surface area contributed by atoms with E-state index in [0.717, 1.165) is 22.4 Å². The average Bonchev–Trinajstić information content (AvgIpc) is 3.69. The number of hydrogen-bond acceptors (Lipinski definition) is 9. The summed E-state index contributed by atoms with van der Waals surface area (Å²) in [5.74, 6) is -2.03. The molecule has 3 aromatic carbocycles. The molecule has 1 aliphatic heterocycles. The van der Waals surface area contributed by atoms with Gasteiger partial charge in [0.1, 0.15) is 11.4 Å². The van der Waals surface area contributed by atoms with Crippen LogP contribution >= 0.6 is 23.1 Å². The molecule has 0 radical (unpaired) electrons. The van der Waals surface area contributed by atoms with Crippen LogP contribution in [0.1, 0.15) is 27.7 Å². The van der Waals surface area contributed by atoms with Gasteiger partial charge in [0.2, 0.25) is 10.9 Å². The van der Waals surface area contributed by atoms with Crippen LogP contribution in [0.25, 0.3) is 11.0 Å². The first kappa shape index (κ1) is 26.7. The number of fused-ring (bicyclic) bond motifs is 1. The van der Waals surface area contributed by atoms with Crippen LogP contribution in [-0.4, -0.2) is 41.1 Å². The van der Waals surface area contributed by atoms with E-state index in [-0.39, 0.29) is 22.3 Å². The molecule has 0 saturated carbocycles. The van der Waals surface area contributed by atoms with Crippen LogP contribution in [0.3, 0.4) is 0 Å². The molecule has 2 aromatic heterocycles. The molecule has 1 atom stereocenters. The fourth-order valence-electron chi connectivity index (χ4n) is 4.64. The fourth-order valence-corrected chi connectivity index (χ4v) is 6.50. The minimum absolute atomic E-state index is 0.00991. The van der Waals surface area contributed by atoms with Crippen molar-refractivity contribution in [2.24, 2.45) is 0 Å². The summed E-state index contributed by atoms with van der Waals surface area (Å²) in [6.45, 7) is 0. The number of carbonyl (C=O) groups excluding carboxylic acids is 2. The van der Waals surface area contributed by atoms with Gasteiger partial charge in [0.15, 0.2) is 15.9 Å². The lowest BCUT2D eigenvalue weighted by molar-refractivity contribution is -0.117. The van der Waals surface area contributed by atoms with Gasteiger partial charge >= 0.3 is 0 Å². The first-order chi connectivity index (χ1) is 19.8. The third-order valence-electron chi connectivity index (χ3n) is 6.74. The molecule has 0 fully saturated rings. The molecule has 0 unspecified atom stereocenters. The third kappa shape index (κ3) is 4.98. The Balaban J connectivity index is 1.37. The minimum atomic E-state index is -0.975. The molecule has 8 nitrogen and oxygen atoms in total. The SMILES string of the molecule is CN(C)c1ccc([C@H]2C(C(=O)c3cc4ccccc4o3)=C(O)C(=O)N2c2nnc(SCc3ccccc3F)s2)cc1. The molecule has 5 aromatic rings. The van der Waals surface area contributed by atoms with E-state index >= 15 is 0 Å². The highest BCUT2D eigenvalue weighted by Crippen LogP contribution is 2.44. The van der Waals surface area contributed by atoms with Gasteiger partial charge in [-0.1, -0.05) is 71.6 Å². The average molecular weight is 587 g/mol. The molecule has 1 aliphatic rings. The number of carbonyl (C=O) groups is 2. The van der Waals surface area contributed by atoms with Crippen molar-refractivity contribution in [1.82, 2.24) is 10.2 Å². The summed E-state index contributed by atoms with van der Waals surface area (Å²) in [6.07, 6.45) is 0. The van der Waals surface area contributed by atoms with Crippen molar-refractivity contribution in [3.8, 4) is 0 Å². The topological polar surface area (TPSA) is 99.8 Å². The van der Waals surface area contributed by atoms with Crippen molar-refractivity contribution in [3.63, 3.8) is 0 Å². The molecule has 6 rings (SSSR count). The number of aliphatic hydroxyl groups is 1. The van der Waals surface area contributed by atoms with Gasteiger partial charge in [-0.3, -0.25) is 14.5 Å². The van der Waals surface area contributed by atoms with E-state index in [9.17, 15) is 19.1 Å². The van der Waals surface area contributed by atoms with Gasteiger partial charge < -0.3 is 14.4 Å². The molecule has 0 bridgehead atoms. The zero-order valence-corrected chi connectivity index (χ0v) is 23.6. The Morgan fingerprint density at radius 2 is 1.80 bits per heavy atom. The number of ketones is 1. The van der Waals surface area contributed by atoms with Gasteiger partial charge in [0.05, 0.1) is 11.6 Å². The molecule has 206 valence electrons. The van der Waals surface area contributed by atoms with Crippen LogP contribution in [0.5, 0.6) is 0 Å². The highest BCUT2D eigenvalue weighted by Gasteiger charge is 2.46. The fraction of sp³-hybridized carbons (Fsp3) is 0.133. The second-order valence-corrected chi connectivity index (χ2v) is 11.7. The maximum Gasteiger partial charge on any atom is 0.296 e. The number of furan rings is 1. The smallest absolute Gasteiger partial charge is 0.296 e. The van der Waals surface area contributed by atoms with E-state index in [4.69, 9.17) is 4.42 Å². The number of halogens is 1. The molecule has 1 amide bonds. The quantitative estimate of drug-likeness (QED) is 0.124. The molecular weight excluding hydrogens is 563 g/mol. The van der Waals surface area contributed by atoms with Crippen LogP contribution in [-0.2, 0) is 10.5 Å². The van der Waals surface area contributed by atoms with E-state index in [0.29, 0.717) is 26.8 Å². The lowest BCUT2D eigenvalue weighted by Crippen LogP contribution is -2.31. The van der Waals surface area contributed by atoms with Crippen molar-refractivity contribution in [2.75, 3.05) is 23.9 Å². The first-order valence-electron chi connectivity index (χ1n) is 12.6. The second kappa shape index (κ2) is 10.8. The molecule has 11 heteroatoms. The van der Waals surface area contributed by atoms with Crippen LogP contribution in [0.2, 0.25) is 0 Å². The summed E-state index contributed by atoms with van der Waals surface area (Å²) in [4.78, 5) is 30.6. The van der Waals surface area contributed by atoms with Gasteiger partial charge in [-0.05, 0) is 41.5 Å². The number of para-hydroxylation sites is 1. The number of aliphatic hydroxyl groups excluding tert-OH is 1. The van der Waals surface area contributed by atoms with Gasteiger partial charge in [0.25, 0.3) is 5.91 Å². The Morgan fingerprint density at radius 3 is 2.54 bits per heavy atom. The molecule has 1 N–H and O–H groups in total. The molecule has 0 aliphatic carbocycles. The van der Waals surface area contributed by atoms with E-state index in [1.54, 1.807) is 48.5 Å². The molecule has 0 saturated heterocycles. The van der Waals surface area contributed by atoms with Crippen LogP contribution < -0.4 is 9.80 Å². The van der Waals surface area contributed by atoms with Crippen molar-refractivity contribution in [2.45, 2.75) is 16.1 Å². The summed E-state index contributed by atoms with van der Waals surface area (Å²) in [6, 6.07) is 21.6. The van der Waals surface area contributed by atoms with Gasteiger partial charge in [0, 0.05) is 30.9 Å². The predicted molar refractivity (Wildman–Crippen MR) is 157 cm³/mol. The Morgan fingerprint density at radius 1 is 1.07 bits per heavy atom. The van der Waals surface area contributed by atoms with E-state index < -0.39 is 23.5 Å². The standard InChI is InChI=1S/C30H23FN4O4S2/c1-34(2)20-13-11-17(12-14-20)25-24(26(36)23-15-18-7-4-6-10-22(18)39-23)27(37)28(38)35(25)29-32-33-30(41-29)40-16-19-8-3-5-9-21(19)31/h3-15,25,37H,16H2,1-2H3/t25-/m0/s1. The lowest BCUT2D eigenvalue weighted by atomic mass is 9.95.